The van der Waals surface area contributed by atoms with Crippen molar-refractivity contribution in [2.75, 3.05) is 6.26 Å². The minimum Gasteiger partial charge on any atom is -0.360 e. The summed E-state index contributed by atoms with van der Waals surface area (Å²) < 4.78 is 5.19. The van der Waals surface area contributed by atoms with Gasteiger partial charge in [0.05, 0.1) is 10.4 Å². The lowest BCUT2D eigenvalue weighted by molar-refractivity contribution is 0.358. The van der Waals surface area contributed by atoms with E-state index in [0.29, 0.717) is 0 Å². The standard InChI is InChI=1S/C8H13NOS/c1-6-5-7(10-9-6)8(2,3)11-4/h5H,1-4H3. The number of hydrogen-bond donors (Lipinski definition) is 0. The van der Waals surface area contributed by atoms with Gasteiger partial charge in [-0.15, -0.1) is 0 Å². The van der Waals surface area contributed by atoms with Gasteiger partial charge in [-0.25, -0.2) is 0 Å². The molecule has 0 saturated heterocycles. The van der Waals surface area contributed by atoms with Gasteiger partial charge in [0, 0.05) is 6.07 Å². The number of rotatable bonds is 2. The van der Waals surface area contributed by atoms with Crippen LogP contribution < -0.4 is 0 Å². The quantitative estimate of drug-likeness (QED) is 0.684. The van der Waals surface area contributed by atoms with E-state index < -0.39 is 0 Å². The van der Waals surface area contributed by atoms with Crippen LogP contribution in [0.5, 0.6) is 0 Å². The fraction of sp³-hybridized carbons (Fsp3) is 0.625. The van der Waals surface area contributed by atoms with Crippen molar-refractivity contribution < 1.29 is 4.52 Å². The molecule has 0 unspecified atom stereocenters. The molecule has 0 amide bonds. The van der Waals surface area contributed by atoms with Crippen LogP contribution in [0.1, 0.15) is 25.3 Å². The highest BCUT2D eigenvalue weighted by molar-refractivity contribution is 7.99. The van der Waals surface area contributed by atoms with E-state index in [4.69, 9.17) is 4.52 Å². The van der Waals surface area contributed by atoms with E-state index in [1.165, 1.54) is 0 Å². The van der Waals surface area contributed by atoms with Crippen molar-refractivity contribution in [2.24, 2.45) is 0 Å². The van der Waals surface area contributed by atoms with Gasteiger partial charge in [-0.2, -0.15) is 11.8 Å². The number of hydrogen-bond acceptors (Lipinski definition) is 3. The zero-order valence-electron chi connectivity index (χ0n) is 7.34. The fourth-order valence-electron chi connectivity index (χ4n) is 0.748. The molecule has 0 saturated carbocycles. The van der Waals surface area contributed by atoms with Crippen LogP contribution in [-0.4, -0.2) is 11.4 Å². The van der Waals surface area contributed by atoms with Gasteiger partial charge in [0.2, 0.25) is 0 Å². The Morgan fingerprint density at radius 1 is 1.55 bits per heavy atom. The van der Waals surface area contributed by atoms with Crippen molar-refractivity contribution in [3.63, 3.8) is 0 Å². The predicted molar refractivity (Wildman–Crippen MR) is 47.8 cm³/mol. The van der Waals surface area contributed by atoms with E-state index in [0.717, 1.165) is 11.5 Å². The molecular weight excluding hydrogens is 158 g/mol. The number of aryl methyl sites for hydroxylation is 1. The van der Waals surface area contributed by atoms with Crippen LogP contribution >= 0.6 is 11.8 Å². The minimum absolute atomic E-state index is 0.0429. The highest BCUT2D eigenvalue weighted by atomic mass is 32.2. The molecule has 1 aromatic rings. The zero-order valence-corrected chi connectivity index (χ0v) is 8.16. The van der Waals surface area contributed by atoms with E-state index in [9.17, 15) is 0 Å². The summed E-state index contributed by atoms with van der Waals surface area (Å²) in [5, 5.41) is 3.84. The van der Waals surface area contributed by atoms with Crippen LogP contribution in [0.4, 0.5) is 0 Å². The second-order valence-corrected chi connectivity index (χ2v) is 4.48. The summed E-state index contributed by atoms with van der Waals surface area (Å²) in [7, 11) is 0. The lowest BCUT2D eigenvalue weighted by Gasteiger charge is -2.16. The van der Waals surface area contributed by atoms with E-state index in [1.807, 2.05) is 13.0 Å². The summed E-state index contributed by atoms with van der Waals surface area (Å²) >= 11 is 1.76. The largest absolute Gasteiger partial charge is 0.360 e. The summed E-state index contributed by atoms with van der Waals surface area (Å²) in [6.07, 6.45) is 2.07. The van der Waals surface area contributed by atoms with Crippen molar-refractivity contribution in [1.29, 1.82) is 0 Å². The van der Waals surface area contributed by atoms with E-state index >= 15 is 0 Å². The Hall–Kier alpha value is -0.440. The third-order valence-corrected chi connectivity index (χ3v) is 2.95. The zero-order chi connectivity index (χ0) is 8.48. The average molecular weight is 171 g/mol. The summed E-state index contributed by atoms with van der Waals surface area (Å²) in [4.78, 5) is 0. The molecule has 0 N–H and O–H groups in total. The van der Waals surface area contributed by atoms with Gasteiger partial charge in [0.15, 0.2) is 5.76 Å². The van der Waals surface area contributed by atoms with Crippen LogP contribution in [0.15, 0.2) is 10.6 Å². The molecule has 62 valence electrons. The molecule has 2 nitrogen and oxygen atoms in total. The maximum atomic E-state index is 5.15. The third-order valence-electron chi connectivity index (χ3n) is 1.73. The second-order valence-electron chi connectivity index (χ2n) is 3.05. The summed E-state index contributed by atoms with van der Waals surface area (Å²) in [6.45, 7) is 6.18. The Morgan fingerprint density at radius 3 is 2.55 bits per heavy atom. The Morgan fingerprint density at radius 2 is 2.18 bits per heavy atom. The molecule has 0 atom stereocenters. The van der Waals surface area contributed by atoms with Crippen LogP contribution in [0.3, 0.4) is 0 Å². The van der Waals surface area contributed by atoms with Gasteiger partial charge in [0.25, 0.3) is 0 Å². The Bertz CT molecular complexity index is 242. The maximum absolute atomic E-state index is 5.15. The van der Waals surface area contributed by atoms with E-state index in [2.05, 4.69) is 25.3 Å². The molecule has 0 radical (unpaired) electrons. The van der Waals surface area contributed by atoms with Gasteiger partial charge in [0.1, 0.15) is 0 Å². The fourth-order valence-corrected chi connectivity index (χ4v) is 1.05. The van der Waals surface area contributed by atoms with E-state index in [-0.39, 0.29) is 4.75 Å². The Kier molecular flexibility index (Phi) is 2.28. The van der Waals surface area contributed by atoms with Crippen molar-refractivity contribution in [2.45, 2.75) is 25.5 Å². The first kappa shape index (κ1) is 8.65. The predicted octanol–water partition coefficient (Wildman–Crippen LogP) is 2.58. The molecule has 0 aromatic carbocycles. The van der Waals surface area contributed by atoms with Crippen LogP contribution in [0.25, 0.3) is 0 Å². The summed E-state index contributed by atoms with van der Waals surface area (Å²) in [5.74, 6) is 0.947. The lowest BCUT2D eigenvalue weighted by Crippen LogP contribution is -2.09. The van der Waals surface area contributed by atoms with Crippen molar-refractivity contribution in [3.8, 4) is 0 Å². The minimum atomic E-state index is 0.0429. The number of nitrogens with zero attached hydrogens (tertiary/aromatic N) is 1. The van der Waals surface area contributed by atoms with Gasteiger partial charge >= 0.3 is 0 Å². The molecule has 3 heteroatoms. The topological polar surface area (TPSA) is 26.0 Å². The highest BCUT2D eigenvalue weighted by Crippen LogP contribution is 2.33. The Balaban J connectivity index is 2.92. The normalized spacial score (nSPS) is 12.0. The Labute approximate surface area is 71.3 Å². The van der Waals surface area contributed by atoms with Gasteiger partial charge in [-0.1, -0.05) is 5.16 Å². The molecule has 1 aromatic heterocycles. The van der Waals surface area contributed by atoms with Crippen LogP contribution in [0.2, 0.25) is 0 Å². The highest BCUT2D eigenvalue weighted by Gasteiger charge is 2.23. The molecule has 0 aliphatic rings. The summed E-state index contributed by atoms with van der Waals surface area (Å²) in [5.41, 5.74) is 0.946. The molecule has 0 fully saturated rings. The molecule has 0 aliphatic heterocycles. The first-order valence-electron chi connectivity index (χ1n) is 3.55. The maximum Gasteiger partial charge on any atom is 0.152 e. The molecule has 1 heterocycles. The smallest absolute Gasteiger partial charge is 0.152 e. The van der Waals surface area contributed by atoms with E-state index in [1.54, 1.807) is 11.8 Å². The van der Waals surface area contributed by atoms with Crippen molar-refractivity contribution in [1.82, 2.24) is 5.16 Å². The SMILES string of the molecule is CSC(C)(C)c1cc(C)no1. The number of aromatic nitrogens is 1. The molecular formula is C8H13NOS. The van der Waals surface area contributed by atoms with Crippen molar-refractivity contribution >= 4 is 11.8 Å². The van der Waals surface area contributed by atoms with Gasteiger partial charge in [-0.05, 0) is 27.0 Å². The first-order valence-corrected chi connectivity index (χ1v) is 4.77. The monoisotopic (exact) mass is 171 g/mol. The molecule has 1 rings (SSSR count). The summed E-state index contributed by atoms with van der Waals surface area (Å²) in [6, 6.07) is 1.98. The molecule has 0 aliphatic carbocycles. The molecule has 0 bridgehead atoms. The number of thioether (sulfide) groups is 1. The average Bonchev–Trinajstić information content (AvgIpc) is 2.36. The van der Waals surface area contributed by atoms with Crippen molar-refractivity contribution in [3.05, 3.63) is 17.5 Å². The molecule has 11 heavy (non-hydrogen) atoms. The van der Waals surface area contributed by atoms with Gasteiger partial charge in [-0.3, -0.25) is 0 Å². The molecule has 0 spiro atoms. The first-order chi connectivity index (χ1) is 5.06. The second kappa shape index (κ2) is 2.89. The van der Waals surface area contributed by atoms with Gasteiger partial charge < -0.3 is 4.52 Å². The lowest BCUT2D eigenvalue weighted by atomic mass is 10.1. The van der Waals surface area contributed by atoms with Crippen LogP contribution in [-0.2, 0) is 4.75 Å². The third kappa shape index (κ3) is 1.77. The van der Waals surface area contributed by atoms with Crippen LogP contribution in [0, 0.1) is 6.92 Å².